The van der Waals surface area contributed by atoms with Crippen molar-refractivity contribution >= 4 is 11.6 Å². The maximum atomic E-state index is 12.5. The van der Waals surface area contributed by atoms with Crippen LogP contribution in [0.25, 0.3) is 0 Å². The van der Waals surface area contributed by atoms with Gasteiger partial charge in [0.1, 0.15) is 5.82 Å². The first kappa shape index (κ1) is 10.6. The summed E-state index contributed by atoms with van der Waals surface area (Å²) in [5, 5.41) is 0. The summed E-state index contributed by atoms with van der Waals surface area (Å²) < 4.78 is 36.4. The Hall–Kier alpha value is -1.52. The molecule has 76 valence electrons. The zero-order valence-corrected chi connectivity index (χ0v) is 7.38. The van der Waals surface area contributed by atoms with Gasteiger partial charge in [0.25, 0.3) is 5.91 Å². The number of hydrogen-bond donors (Lipinski definition) is 0. The molecule has 0 aromatic heterocycles. The van der Waals surface area contributed by atoms with Crippen molar-refractivity contribution in [1.82, 2.24) is 0 Å². The molecule has 0 spiro atoms. The number of anilines is 1. The van der Waals surface area contributed by atoms with E-state index in [-0.39, 0.29) is 5.69 Å². The molecule has 0 aliphatic heterocycles. The van der Waals surface area contributed by atoms with Crippen LogP contribution in [0.4, 0.5) is 18.9 Å². The van der Waals surface area contributed by atoms with Gasteiger partial charge in [0.15, 0.2) is 0 Å². The zero-order chi connectivity index (χ0) is 10.7. The van der Waals surface area contributed by atoms with Gasteiger partial charge in [-0.2, -0.15) is 8.78 Å². The Kier molecular flexibility index (Phi) is 3.11. The van der Waals surface area contributed by atoms with Crippen molar-refractivity contribution in [2.45, 2.75) is 6.43 Å². The number of amides is 1. The van der Waals surface area contributed by atoms with Gasteiger partial charge in [-0.15, -0.1) is 0 Å². The third-order valence-electron chi connectivity index (χ3n) is 1.73. The maximum absolute atomic E-state index is 12.5. The van der Waals surface area contributed by atoms with Crippen LogP contribution < -0.4 is 4.90 Å². The largest absolute Gasteiger partial charge is 0.316 e. The maximum Gasteiger partial charge on any atom is 0.316 e. The minimum Gasteiger partial charge on any atom is -0.311 e. The zero-order valence-electron chi connectivity index (χ0n) is 7.38. The van der Waals surface area contributed by atoms with Gasteiger partial charge >= 0.3 is 6.43 Å². The van der Waals surface area contributed by atoms with E-state index in [1.165, 1.54) is 19.2 Å². The summed E-state index contributed by atoms with van der Waals surface area (Å²) in [6.07, 6.45) is -3.05. The topological polar surface area (TPSA) is 20.3 Å². The number of alkyl halides is 2. The van der Waals surface area contributed by atoms with Crippen molar-refractivity contribution < 1.29 is 18.0 Å². The van der Waals surface area contributed by atoms with E-state index in [9.17, 15) is 18.0 Å². The minimum atomic E-state index is -3.05. The number of carbonyl (C=O) groups is 1. The highest BCUT2D eigenvalue weighted by Crippen LogP contribution is 2.14. The second kappa shape index (κ2) is 4.13. The lowest BCUT2D eigenvalue weighted by Gasteiger charge is -2.16. The molecule has 0 aliphatic rings. The molecule has 14 heavy (non-hydrogen) atoms. The van der Waals surface area contributed by atoms with E-state index in [1.807, 2.05) is 0 Å². The van der Waals surface area contributed by atoms with Gasteiger partial charge < -0.3 is 4.90 Å². The Labute approximate surface area is 78.9 Å². The molecule has 2 nitrogen and oxygen atoms in total. The molecule has 0 aliphatic carbocycles. The monoisotopic (exact) mass is 203 g/mol. The molecular formula is C9H8F3NO. The third kappa shape index (κ3) is 2.25. The van der Waals surface area contributed by atoms with Gasteiger partial charge in [-0.1, -0.05) is 0 Å². The number of nitrogens with zero attached hydrogens (tertiary/aromatic N) is 1. The summed E-state index contributed by atoms with van der Waals surface area (Å²) in [4.78, 5) is 11.6. The fourth-order valence-electron chi connectivity index (χ4n) is 0.938. The summed E-state index contributed by atoms with van der Waals surface area (Å²) in [5.41, 5.74) is 0.233. The van der Waals surface area contributed by atoms with Crippen molar-refractivity contribution in [3.05, 3.63) is 30.1 Å². The first-order valence-electron chi connectivity index (χ1n) is 3.83. The van der Waals surface area contributed by atoms with E-state index in [0.29, 0.717) is 0 Å². The van der Waals surface area contributed by atoms with Crippen molar-refractivity contribution in [3.8, 4) is 0 Å². The van der Waals surface area contributed by atoms with E-state index in [2.05, 4.69) is 0 Å². The standard InChI is InChI=1S/C9H8F3NO/c1-13(9(14)8(11)12)7-4-2-6(10)3-5-7/h2-5,8H,1H3. The van der Waals surface area contributed by atoms with E-state index in [1.54, 1.807) is 0 Å². The molecule has 0 bridgehead atoms. The van der Waals surface area contributed by atoms with Crippen LogP contribution in [0.3, 0.4) is 0 Å². The highest BCUT2D eigenvalue weighted by Gasteiger charge is 2.20. The lowest BCUT2D eigenvalue weighted by Crippen LogP contribution is -2.31. The van der Waals surface area contributed by atoms with Crippen LogP contribution in [-0.2, 0) is 4.79 Å². The molecule has 0 radical (unpaired) electrons. The van der Waals surface area contributed by atoms with Gasteiger partial charge in [0, 0.05) is 12.7 Å². The summed E-state index contributed by atoms with van der Waals surface area (Å²) in [7, 11) is 1.21. The molecule has 1 aromatic carbocycles. The van der Waals surface area contributed by atoms with E-state index in [4.69, 9.17) is 0 Å². The second-order valence-electron chi connectivity index (χ2n) is 2.67. The molecule has 0 heterocycles. The molecule has 1 amide bonds. The van der Waals surface area contributed by atoms with Gasteiger partial charge in [-0.3, -0.25) is 4.79 Å². The highest BCUT2D eigenvalue weighted by atomic mass is 19.3. The van der Waals surface area contributed by atoms with Crippen LogP contribution >= 0.6 is 0 Å². The highest BCUT2D eigenvalue weighted by molar-refractivity contribution is 5.94. The third-order valence-corrected chi connectivity index (χ3v) is 1.73. The molecule has 5 heteroatoms. The van der Waals surface area contributed by atoms with Crippen molar-refractivity contribution in [2.75, 3.05) is 11.9 Å². The Morgan fingerprint density at radius 1 is 1.29 bits per heavy atom. The summed E-state index contributed by atoms with van der Waals surface area (Å²) in [6.45, 7) is 0. The summed E-state index contributed by atoms with van der Waals surface area (Å²) in [6, 6.07) is 4.72. The molecule has 0 saturated carbocycles. The van der Waals surface area contributed by atoms with E-state index in [0.717, 1.165) is 17.0 Å². The number of carbonyl (C=O) groups excluding carboxylic acids is 1. The minimum absolute atomic E-state index is 0.233. The fraction of sp³-hybridized carbons (Fsp3) is 0.222. The van der Waals surface area contributed by atoms with E-state index < -0.39 is 18.1 Å². The van der Waals surface area contributed by atoms with Crippen LogP contribution in [-0.4, -0.2) is 19.4 Å². The molecular weight excluding hydrogens is 195 g/mol. The Morgan fingerprint density at radius 2 is 1.79 bits per heavy atom. The molecule has 1 aromatic rings. The number of hydrogen-bond acceptors (Lipinski definition) is 1. The number of benzene rings is 1. The van der Waals surface area contributed by atoms with Crippen molar-refractivity contribution in [1.29, 1.82) is 0 Å². The normalized spacial score (nSPS) is 10.4. The lowest BCUT2D eigenvalue weighted by molar-refractivity contribution is -0.128. The lowest BCUT2D eigenvalue weighted by atomic mass is 10.3. The van der Waals surface area contributed by atoms with Gasteiger partial charge in [-0.05, 0) is 24.3 Å². The Bertz CT molecular complexity index is 323. The average Bonchev–Trinajstić information content (AvgIpc) is 2.16. The quantitative estimate of drug-likeness (QED) is 0.720. The van der Waals surface area contributed by atoms with Gasteiger partial charge in [0.05, 0.1) is 0 Å². The second-order valence-corrected chi connectivity index (χ2v) is 2.67. The van der Waals surface area contributed by atoms with E-state index >= 15 is 0 Å². The number of rotatable bonds is 2. The van der Waals surface area contributed by atoms with Crippen LogP contribution in [0.15, 0.2) is 24.3 Å². The molecule has 0 unspecified atom stereocenters. The van der Waals surface area contributed by atoms with Crippen LogP contribution in [0.2, 0.25) is 0 Å². The molecule has 0 N–H and O–H groups in total. The Morgan fingerprint density at radius 3 is 2.21 bits per heavy atom. The molecule has 0 atom stereocenters. The molecule has 1 rings (SSSR count). The van der Waals surface area contributed by atoms with Gasteiger partial charge in [-0.25, -0.2) is 4.39 Å². The smallest absolute Gasteiger partial charge is 0.311 e. The summed E-state index contributed by atoms with van der Waals surface area (Å²) >= 11 is 0. The van der Waals surface area contributed by atoms with Crippen LogP contribution in [0, 0.1) is 5.82 Å². The SMILES string of the molecule is CN(C(=O)C(F)F)c1ccc(F)cc1. The average molecular weight is 203 g/mol. The first-order valence-corrected chi connectivity index (χ1v) is 3.83. The molecule has 0 saturated heterocycles. The van der Waals surface area contributed by atoms with Crippen molar-refractivity contribution in [2.24, 2.45) is 0 Å². The van der Waals surface area contributed by atoms with Crippen LogP contribution in [0.5, 0.6) is 0 Å². The predicted octanol–water partition coefficient (Wildman–Crippen LogP) is 2.05. The fourth-order valence-corrected chi connectivity index (χ4v) is 0.938. The number of halogens is 3. The van der Waals surface area contributed by atoms with Gasteiger partial charge in [0.2, 0.25) is 0 Å². The molecule has 0 fully saturated rings. The van der Waals surface area contributed by atoms with Crippen molar-refractivity contribution in [3.63, 3.8) is 0 Å². The van der Waals surface area contributed by atoms with Crippen LogP contribution in [0.1, 0.15) is 0 Å². The predicted molar refractivity (Wildman–Crippen MR) is 45.8 cm³/mol. The first-order chi connectivity index (χ1) is 6.52. The Balaban J connectivity index is 2.84. The summed E-state index contributed by atoms with van der Waals surface area (Å²) in [5.74, 6) is -1.79.